The van der Waals surface area contributed by atoms with E-state index in [1.54, 1.807) is 4.90 Å². The van der Waals surface area contributed by atoms with Crippen LogP contribution in [-0.4, -0.2) is 57.9 Å². The second-order valence-electron chi connectivity index (χ2n) is 8.70. The van der Waals surface area contributed by atoms with Crippen LogP contribution < -0.4 is 11.1 Å². The molecule has 182 valence electrons. The van der Waals surface area contributed by atoms with E-state index in [0.717, 1.165) is 18.9 Å². The first-order valence-corrected chi connectivity index (χ1v) is 11.7. The van der Waals surface area contributed by atoms with Crippen molar-refractivity contribution < 1.29 is 23.5 Å². The number of hydrogen-bond acceptors (Lipinski definition) is 5. The van der Waals surface area contributed by atoms with Gasteiger partial charge in [-0.15, -0.1) is 0 Å². The molecule has 4 N–H and O–H groups in total. The number of amides is 3. The maximum Gasteiger partial charge on any atom is 0.275 e. The molecule has 1 saturated heterocycles. The van der Waals surface area contributed by atoms with Gasteiger partial charge in [-0.1, -0.05) is 11.6 Å². The summed E-state index contributed by atoms with van der Waals surface area (Å²) >= 11 is 6.02. The Labute approximate surface area is 201 Å². The molecule has 2 fully saturated rings. The molecule has 1 aliphatic carbocycles. The van der Waals surface area contributed by atoms with Gasteiger partial charge in [-0.2, -0.15) is 0 Å². The Kier molecular flexibility index (Phi) is 7.47. The Bertz CT molecular complexity index is 1060. The molecule has 11 heteroatoms. The van der Waals surface area contributed by atoms with Crippen molar-refractivity contribution in [1.82, 2.24) is 14.9 Å². The van der Waals surface area contributed by atoms with E-state index in [1.807, 2.05) is 0 Å². The molecule has 2 heterocycles. The van der Waals surface area contributed by atoms with Crippen LogP contribution in [0.1, 0.15) is 59.5 Å². The Balaban J connectivity index is 1.43. The average molecular weight is 492 g/mol. The van der Waals surface area contributed by atoms with Gasteiger partial charge in [-0.25, -0.2) is 9.37 Å². The monoisotopic (exact) mass is 491 g/mol. The van der Waals surface area contributed by atoms with Gasteiger partial charge in [0.25, 0.3) is 11.8 Å². The zero-order chi connectivity index (χ0) is 24.2. The van der Waals surface area contributed by atoms with E-state index in [4.69, 9.17) is 22.1 Å². The predicted octanol–water partition coefficient (Wildman–Crippen LogP) is 3.12. The zero-order valence-electron chi connectivity index (χ0n) is 18.6. The standard InChI is InChI=1S/C23H27ClFN5O4/c24-17-10-14(25)5-8-18(17)29-22(32)13-3-6-15(7-4-13)30(11-16-2-1-9-34-16)23(33)20-19(21(26)31)27-12-28-20/h5,8,10,12-13,15-16H,1-4,6-7,9,11H2,(H2,26,31)(H,27,28)(H,29,32)/t13-,15-,16?. The van der Waals surface area contributed by atoms with Gasteiger partial charge in [-0.05, 0) is 56.7 Å². The van der Waals surface area contributed by atoms with Crippen molar-refractivity contribution in [3.8, 4) is 0 Å². The number of anilines is 1. The first-order valence-electron chi connectivity index (χ1n) is 11.3. The molecule has 9 nitrogen and oxygen atoms in total. The summed E-state index contributed by atoms with van der Waals surface area (Å²) in [7, 11) is 0. The number of rotatable bonds is 7. The Morgan fingerprint density at radius 3 is 2.65 bits per heavy atom. The number of halogens is 2. The van der Waals surface area contributed by atoms with Crippen molar-refractivity contribution in [1.29, 1.82) is 0 Å². The molecule has 0 bridgehead atoms. The highest BCUT2D eigenvalue weighted by Crippen LogP contribution is 2.31. The summed E-state index contributed by atoms with van der Waals surface area (Å²) in [5.41, 5.74) is 5.73. The zero-order valence-corrected chi connectivity index (χ0v) is 19.3. The lowest BCUT2D eigenvalue weighted by atomic mass is 9.84. The third-order valence-corrected chi connectivity index (χ3v) is 6.78. The highest BCUT2D eigenvalue weighted by atomic mass is 35.5. The number of benzene rings is 1. The van der Waals surface area contributed by atoms with Crippen LogP contribution in [0.3, 0.4) is 0 Å². The van der Waals surface area contributed by atoms with Crippen molar-refractivity contribution in [3.05, 3.63) is 46.8 Å². The van der Waals surface area contributed by atoms with Crippen LogP contribution in [0.2, 0.25) is 5.02 Å². The van der Waals surface area contributed by atoms with E-state index in [0.29, 0.717) is 44.5 Å². The van der Waals surface area contributed by atoms with Crippen LogP contribution >= 0.6 is 11.6 Å². The van der Waals surface area contributed by atoms with E-state index >= 15 is 0 Å². The van der Waals surface area contributed by atoms with Crippen LogP contribution in [0.4, 0.5) is 10.1 Å². The molecule has 1 atom stereocenters. The second kappa shape index (κ2) is 10.5. The summed E-state index contributed by atoms with van der Waals surface area (Å²) < 4.78 is 19.0. The van der Waals surface area contributed by atoms with Gasteiger partial charge < -0.3 is 25.7 Å². The van der Waals surface area contributed by atoms with Crippen LogP contribution in [0.5, 0.6) is 0 Å². The van der Waals surface area contributed by atoms with Crippen molar-refractivity contribution in [3.63, 3.8) is 0 Å². The van der Waals surface area contributed by atoms with Crippen LogP contribution in [0, 0.1) is 11.7 Å². The van der Waals surface area contributed by atoms with Crippen molar-refractivity contribution in [2.45, 2.75) is 50.7 Å². The largest absolute Gasteiger partial charge is 0.376 e. The lowest BCUT2D eigenvalue weighted by Gasteiger charge is -2.37. The molecule has 34 heavy (non-hydrogen) atoms. The number of ether oxygens (including phenoxy) is 1. The van der Waals surface area contributed by atoms with Crippen molar-refractivity contribution in [2.75, 3.05) is 18.5 Å². The Morgan fingerprint density at radius 1 is 1.24 bits per heavy atom. The second-order valence-corrected chi connectivity index (χ2v) is 9.11. The minimum Gasteiger partial charge on any atom is -0.376 e. The first-order chi connectivity index (χ1) is 16.3. The molecule has 0 spiro atoms. The van der Waals surface area contributed by atoms with E-state index in [9.17, 15) is 18.8 Å². The number of H-pyrrole nitrogens is 1. The third-order valence-electron chi connectivity index (χ3n) is 6.47. The summed E-state index contributed by atoms with van der Waals surface area (Å²) in [6.07, 6.45) is 5.31. The van der Waals surface area contributed by atoms with Crippen molar-refractivity contribution >= 4 is 35.0 Å². The fourth-order valence-corrected chi connectivity index (χ4v) is 4.88. The normalized spacial score (nSPS) is 22.4. The molecule has 0 radical (unpaired) electrons. The molecule has 2 aromatic rings. The topological polar surface area (TPSA) is 130 Å². The highest BCUT2D eigenvalue weighted by Gasteiger charge is 2.36. The predicted molar refractivity (Wildman–Crippen MR) is 123 cm³/mol. The molecule has 1 unspecified atom stereocenters. The van der Waals surface area contributed by atoms with E-state index < -0.39 is 11.7 Å². The number of aromatic nitrogens is 2. The minimum atomic E-state index is -0.752. The Hall–Kier alpha value is -2.98. The van der Waals surface area contributed by atoms with Gasteiger partial charge in [0.1, 0.15) is 11.5 Å². The lowest BCUT2D eigenvalue weighted by Crippen LogP contribution is -2.47. The number of primary amides is 1. The molecule has 4 rings (SSSR count). The Morgan fingerprint density at radius 2 is 2.00 bits per heavy atom. The summed E-state index contributed by atoms with van der Waals surface area (Å²) in [6.45, 7) is 1.04. The van der Waals surface area contributed by atoms with E-state index in [2.05, 4.69) is 15.3 Å². The molecule has 1 aromatic heterocycles. The smallest absolute Gasteiger partial charge is 0.275 e. The fourth-order valence-electron chi connectivity index (χ4n) is 4.66. The summed E-state index contributed by atoms with van der Waals surface area (Å²) in [4.78, 5) is 46.3. The quantitative estimate of drug-likeness (QED) is 0.547. The summed E-state index contributed by atoms with van der Waals surface area (Å²) in [5, 5.41) is 2.91. The van der Waals surface area contributed by atoms with Gasteiger partial charge in [0, 0.05) is 25.1 Å². The molecule has 1 saturated carbocycles. The number of nitrogens with zero attached hydrogens (tertiary/aromatic N) is 2. The summed E-state index contributed by atoms with van der Waals surface area (Å²) in [6, 6.07) is 3.69. The minimum absolute atomic E-state index is 0.00341. The number of carbonyl (C=O) groups is 3. The summed E-state index contributed by atoms with van der Waals surface area (Å²) in [5.74, 6) is -2.05. The van der Waals surface area contributed by atoms with E-state index in [-0.39, 0.29) is 46.3 Å². The van der Waals surface area contributed by atoms with Crippen LogP contribution in [0.15, 0.2) is 24.5 Å². The lowest BCUT2D eigenvalue weighted by molar-refractivity contribution is -0.121. The average Bonchev–Trinajstić information content (AvgIpc) is 3.51. The van der Waals surface area contributed by atoms with Crippen LogP contribution in [-0.2, 0) is 9.53 Å². The maximum absolute atomic E-state index is 13.4. The maximum atomic E-state index is 13.4. The van der Waals surface area contributed by atoms with Crippen molar-refractivity contribution in [2.24, 2.45) is 11.7 Å². The number of nitrogens with two attached hydrogens (primary N) is 1. The molecule has 1 aliphatic heterocycles. The number of nitrogens with one attached hydrogen (secondary N) is 2. The molecular formula is C23H27ClFN5O4. The molecule has 3 amide bonds. The number of carbonyl (C=O) groups excluding carboxylic acids is 3. The van der Waals surface area contributed by atoms with Gasteiger partial charge in [-0.3, -0.25) is 14.4 Å². The molecular weight excluding hydrogens is 465 g/mol. The van der Waals surface area contributed by atoms with Gasteiger partial charge in [0.05, 0.1) is 23.1 Å². The first kappa shape index (κ1) is 24.2. The number of hydrogen-bond donors (Lipinski definition) is 3. The highest BCUT2D eigenvalue weighted by molar-refractivity contribution is 6.33. The number of aromatic amines is 1. The van der Waals surface area contributed by atoms with Gasteiger partial charge in [0.15, 0.2) is 5.69 Å². The van der Waals surface area contributed by atoms with E-state index in [1.165, 1.54) is 18.5 Å². The molecule has 2 aliphatic rings. The fraction of sp³-hybridized carbons (Fsp3) is 0.478. The number of imidazole rings is 1. The molecule has 1 aromatic carbocycles. The van der Waals surface area contributed by atoms with Gasteiger partial charge in [0.2, 0.25) is 5.91 Å². The van der Waals surface area contributed by atoms with Crippen LogP contribution in [0.25, 0.3) is 0 Å². The third kappa shape index (κ3) is 5.39. The van der Waals surface area contributed by atoms with Gasteiger partial charge >= 0.3 is 0 Å². The SMILES string of the molecule is NC(=O)c1[nH]cnc1C(=O)N(CC1CCCO1)[C@H]1CC[C@H](C(=O)Nc2ccc(F)cc2Cl)CC1.